The molecule has 5 rings (SSSR count). The van der Waals surface area contributed by atoms with Crippen LogP contribution in [0.15, 0.2) is 53.7 Å². The van der Waals surface area contributed by atoms with Crippen molar-refractivity contribution in [2.75, 3.05) is 18.5 Å². The largest absolute Gasteiger partial charge is 0.504 e. The molecule has 1 aliphatic heterocycles. The fourth-order valence-corrected chi connectivity index (χ4v) is 4.88. The van der Waals surface area contributed by atoms with Gasteiger partial charge in [0.05, 0.1) is 13.2 Å². The first-order valence-electron chi connectivity index (χ1n) is 12.0. The van der Waals surface area contributed by atoms with Crippen LogP contribution in [0.1, 0.15) is 52.1 Å². The summed E-state index contributed by atoms with van der Waals surface area (Å²) in [5.74, 6) is 2.44. The number of carbonyl (C=O) groups excluding carboxylic acids is 1. The summed E-state index contributed by atoms with van der Waals surface area (Å²) in [6.45, 7) is 9.03. The number of anilines is 1. The lowest BCUT2D eigenvalue weighted by atomic mass is 9.73. The number of ether oxygens (including phenoxy) is 2. The average molecular weight is 475 g/mol. The van der Waals surface area contributed by atoms with Gasteiger partial charge in [-0.25, -0.2) is 4.68 Å². The molecule has 1 aliphatic carbocycles. The van der Waals surface area contributed by atoms with Crippen molar-refractivity contribution in [3.63, 3.8) is 0 Å². The zero-order chi connectivity index (χ0) is 24.7. The predicted octanol–water partition coefficient (Wildman–Crippen LogP) is 5.11. The lowest BCUT2D eigenvalue weighted by Gasteiger charge is -2.38. The number of Topliss-reactive ketones (excluding diaryl/α,β-unsaturated/α-hetero) is 1. The maximum atomic E-state index is 13.4. The number of aromatic nitrogens is 3. The molecule has 0 bridgehead atoms. The first kappa shape index (κ1) is 23.0. The van der Waals surface area contributed by atoms with Gasteiger partial charge in [0.25, 0.3) is 0 Å². The molecule has 2 aliphatic rings. The highest BCUT2D eigenvalue weighted by atomic mass is 16.5. The van der Waals surface area contributed by atoms with Crippen LogP contribution in [0, 0.1) is 5.41 Å². The van der Waals surface area contributed by atoms with Gasteiger partial charge in [-0.15, -0.1) is 5.10 Å². The summed E-state index contributed by atoms with van der Waals surface area (Å²) in [6, 6.07) is 12.4. The van der Waals surface area contributed by atoms with E-state index in [4.69, 9.17) is 19.6 Å². The van der Waals surface area contributed by atoms with E-state index in [2.05, 4.69) is 19.2 Å². The molecule has 8 heteroatoms. The lowest BCUT2D eigenvalue weighted by Crippen LogP contribution is -2.36. The summed E-state index contributed by atoms with van der Waals surface area (Å²) in [5, 5.41) is 18.5. The van der Waals surface area contributed by atoms with Gasteiger partial charge in [-0.3, -0.25) is 4.79 Å². The monoisotopic (exact) mass is 474 g/mol. The number of hydrogen-bond donors (Lipinski definition) is 2. The van der Waals surface area contributed by atoms with Crippen LogP contribution in [0.3, 0.4) is 0 Å². The van der Waals surface area contributed by atoms with Gasteiger partial charge in [0.1, 0.15) is 11.8 Å². The Morgan fingerprint density at radius 2 is 1.83 bits per heavy atom. The Balaban J connectivity index is 1.63. The van der Waals surface area contributed by atoms with Gasteiger partial charge in [0.2, 0.25) is 5.95 Å². The molecule has 0 amide bonds. The molecule has 0 fully saturated rings. The summed E-state index contributed by atoms with van der Waals surface area (Å²) in [7, 11) is 0. The Kier molecular flexibility index (Phi) is 5.75. The molecule has 1 unspecified atom stereocenters. The van der Waals surface area contributed by atoms with Crippen LogP contribution in [-0.2, 0) is 4.79 Å². The van der Waals surface area contributed by atoms with Crippen molar-refractivity contribution in [1.29, 1.82) is 0 Å². The van der Waals surface area contributed by atoms with Gasteiger partial charge in [-0.1, -0.05) is 19.9 Å². The fourth-order valence-electron chi connectivity index (χ4n) is 4.88. The van der Waals surface area contributed by atoms with Crippen molar-refractivity contribution in [2.24, 2.45) is 5.41 Å². The molecule has 182 valence electrons. The summed E-state index contributed by atoms with van der Waals surface area (Å²) in [4.78, 5) is 18.2. The molecule has 2 heterocycles. The lowest BCUT2D eigenvalue weighted by molar-refractivity contribution is -0.118. The number of fused-ring (bicyclic) bond motifs is 1. The second-order valence-electron chi connectivity index (χ2n) is 9.68. The standard InChI is InChI=1S/C27H30N4O4/c1-5-34-18-10-7-16(8-11-18)25-29-26-28-19-14-27(3,4)15-21(33)23(19)24(31(26)30-25)17-9-12-20(32)22(13-17)35-6-2/h7-13,24,32H,5-6,14-15H2,1-4H3,(H,28,29,30). The molecule has 1 atom stereocenters. The number of phenolic OH excluding ortho intramolecular Hbond substituents is 1. The number of hydrogen-bond acceptors (Lipinski definition) is 7. The Morgan fingerprint density at radius 3 is 2.54 bits per heavy atom. The van der Waals surface area contributed by atoms with E-state index in [1.807, 2.05) is 44.2 Å². The fraction of sp³-hybridized carbons (Fsp3) is 0.370. The number of nitrogens with one attached hydrogen (secondary N) is 1. The van der Waals surface area contributed by atoms with Gasteiger partial charge in [-0.2, -0.15) is 4.98 Å². The van der Waals surface area contributed by atoms with Gasteiger partial charge < -0.3 is 19.9 Å². The number of benzene rings is 2. The molecular formula is C27H30N4O4. The summed E-state index contributed by atoms with van der Waals surface area (Å²) >= 11 is 0. The minimum atomic E-state index is -0.478. The minimum absolute atomic E-state index is 0.0590. The number of nitrogens with zero attached hydrogens (tertiary/aromatic N) is 3. The third kappa shape index (κ3) is 4.24. The Morgan fingerprint density at radius 1 is 1.09 bits per heavy atom. The van der Waals surface area contributed by atoms with Crippen LogP contribution in [-0.4, -0.2) is 38.9 Å². The third-order valence-corrected chi connectivity index (χ3v) is 6.35. The normalized spacial score (nSPS) is 18.5. The van der Waals surface area contributed by atoms with Crippen molar-refractivity contribution in [2.45, 2.75) is 46.6 Å². The highest BCUT2D eigenvalue weighted by Crippen LogP contribution is 2.46. The average Bonchev–Trinajstić information content (AvgIpc) is 3.23. The van der Waals surface area contributed by atoms with Crippen LogP contribution in [0.2, 0.25) is 0 Å². The second kappa shape index (κ2) is 8.76. The van der Waals surface area contributed by atoms with Crippen LogP contribution in [0.25, 0.3) is 11.4 Å². The van der Waals surface area contributed by atoms with Gasteiger partial charge in [0, 0.05) is 23.3 Å². The van der Waals surface area contributed by atoms with E-state index in [-0.39, 0.29) is 16.9 Å². The van der Waals surface area contributed by atoms with Crippen molar-refractivity contribution in [3.05, 3.63) is 59.3 Å². The number of ketones is 1. The first-order valence-corrected chi connectivity index (χ1v) is 12.0. The molecule has 0 saturated heterocycles. The van der Waals surface area contributed by atoms with E-state index < -0.39 is 6.04 Å². The molecule has 0 saturated carbocycles. The van der Waals surface area contributed by atoms with Crippen LogP contribution >= 0.6 is 0 Å². The maximum Gasteiger partial charge on any atom is 0.226 e. The first-order chi connectivity index (χ1) is 16.8. The van der Waals surface area contributed by atoms with E-state index in [0.717, 1.165) is 29.0 Å². The zero-order valence-electron chi connectivity index (χ0n) is 20.5. The van der Waals surface area contributed by atoms with E-state index in [9.17, 15) is 9.90 Å². The number of allylic oxidation sites excluding steroid dienone is 2. The minimum Gasteiger partial charge on any atom is -0.504 e. The topological polar surface area (TPSA) is 98.5 Å². The van der Waals surface area contributed by atoms with Crippen molar-refractivity contribution in [3.8, 4) is 28.6 Å². The van der Waals surface area contributed by atoms with Crippen LogP contribution in [0.5, 0.6) is 17.2 Å². The second-order valence-corrected chi connectivity index (χ2v) is 9.68. The molecule has 35 heavy (non-hydrogen) atoms. The van der Waals surface area contributed by atoms with Gasteiger partial charge in [-0.05, 0) is 67.6 Å². The van der Waals surface area contributed by atoms with E-state index in [1.54, 1.807) is 16.8 Å². The summed E-state index contributed by atoms with van der Waals surface area (Å²) in [6.07, 6.45) is 1.18. The Labute approximate surface area is 204 Å². The van der Waals surface area contributed by atoms with E-state index >= 15 is 0 Å². The quantitative estimate of drug-likeness (QED) is 0.512. The van der Waals surface area contributed by atoms with Gasteiger partial charge >= 0.3 is 0 Å². The smallest absolute Gasteiger partial charge is 0.226 e. The summed E-state index contributed by atoms with van der Waals surface area (Å²) in [5.41, 5.74) is 3.06. The summed E-state index contributed by atoms with van der Waals surface area (Å²) < 4.78 is 13.0. The number of carbonyl (C=O) groups is 1. The zero-order valence-corrected chi connectivity index (χ0v) is 20.5. The Bertz CT molecular complexity index is 1310. The van der Waals surface area contributed by atoms with Gasteiger partial charge in [0.15, 0.2) is 23.1 Å². The maximum absolute atomic E-state index is 13.4. The molecule has 0 radical (unpaired) electrons. The highest BCUT2D eigenvalue weighted by Gasteiger charge is 2.42. The number of phenols is 1. The van der Waals surface area contributed by atoms with E-state index in [1.165, 1.54) is 0 Å². The third-order valence-electron chi connectivity index (χ3n) is 6.35. The highest BCUT2D eigenvalue weighted by molar-refractivity contribution is 6.00. The molecule has 2 N–H and O–H groups in total. The Hall–Kier alpha value is -3.81. The molecule has 1 aromatic heterocycles. The molecule has 2 aromatic carbocycles. The van der Waals surface area contributed by atoms with Crippen molar-refractivity contribution < 1.29 is 19.4 Å². The number of rotatable bonds is 6. The molecule has 8 nitrogen and oxygen atoms in total. The predicted molar refractivity (Wildman–Crippen MR) is 133 cm³/mol. The molecule has 0 spiro atoms. The van der Waals surface area contributed by atoms with Crippen LogP contribution < -0.4 is 14.8 Å². The molecule has 3 aromatic rings. The van der Waals surface area contributed by atoms with E-state index in [0.29, 0.717) is 42.7 Å². The van der Waals surface area contributed by atoms with Crippen molar-refractivity contribution >= 4 is 11.7 Å². The SMILES string of the molecule is CCOc1ccc(-c2nc3n(n2)C(c2ccc(O)c(OCC)c2)C2=C(CC(C)(C)CC2=O)N3)cc1. The van der Waals surface area contributed by atoms with Crippen LogP contribution in [0.4, 0.5) is 5.95 Å². The molecular weight excluding hydrogens is 444 g/mol. The number of aromatic hydroxyl groups is 1. The van der Waals surface area contributed by atoms with Crippen molar-refractivity contribution in [1.82, 2.24) is 14.8 Å².